The lowest BCUT2D eigenvalue weighted by molar-refractivity contribution is -0.116. The van der Waals surface area contributed by atoms with Crippen LogP contribution in [0.25, 0.3) is 0 Å². The molecule has 1 N–H and O–H groups in total. The second-order valence-corrected chi connectivity index (χ2v) is 3.78. The first-order chi connectivity index (χ1) is 8.69. The Balaban J connectivity index is 1.94. The SMILES string of the molecule is N#Cc1cccc(NC(=O)CN2CCOC2=O)c1. The molecule has 0 saturated carbocycles. The van der Waals surface area contributed by atoms with Crippen molar-refractivity contribution in [3.63, 3.8) is 0 Å². The van der Waals surface area contributed by atoms with E-state index in [1.807, 2.05) is 6.07 Å². The molecule has 1 aromatic carbocycles. The van der Waals surface area contributed by atoms with Crippen LogP contribution in [0.4, 0.5) is 10.5 Å². The third kappa shape index (κ3) is 2.77. The summed E-state index contributed by atoms with van der Waals surface area (Å²) in [6.07, 6.45) is -0.476. The first-order valence-electron chi connectivity index (χ1n) is 5.41. The van der Waals surface area contributed by atoms with Crippen LogP contribution < -0.4 is 5.32 Å². The van der Waals surface area contributed by atoms with Gasteiger partial charge in [0.15, 0.2) is 0 Å². The van der Waals surface area contributed by atoms with E-state index in [-0.39, 0.29) is 12.5 Å². The van der Waals surface area contributed by atoms with Crippen molar-refractivity contribution in [2.75, 3.05) is 25.0 Å². The largest absolute Gasteiger partial charge is 0.448 e. The zero-order valence-corrected chi connectivity index (χ0v) is 9.55. The van der Waals surface area contributed by atoms with Crippen LogP contribution in [0.15, 0.2) is 24.3 Å². The van der Waals surface area contributed by atoms with Crippen molar-refractivity contribution in [3.05, 3.63) is 29.8 Å². The first kappa shape index (κ1) is 11.9. The van der Waals surface area contributed by atoms with E-state index in [0.29, 0.717) is 24.4 Å². The standard InChI is InChI=1S/C12H11N3O3/c13-7-9-2-1-3-10(6-9)14-11(16)8-15-4-5-18-12(15)17/h1-3,6H,4-5,8H2,(H,14,16). The average Bonchev–Trinajstić information content (AvgIpc) is 2.75. The Kier molecular flexibility index (Phi) is 3.44. The van der Waals surface area contributed by atoms with E-state index >= 15 is 0 Å². The van der Waals surface area contributed by atoms with Crippen molar-refractivity contribution in [3.8, 4) is 6.07 Å². The highest BCUT2D eigenvalue weighted by Gasteiger charge is 2.23. The first-order valence-corrected chi connectivity index (χ1v) is 5.41. The lowest BCUT2D eigenvalue weighted by Gasteiger charge is -2.12. The molecule has 1 heterocycles. The van der Waals surface area contributed by atoms with E-state index in [4.69, 9.17) is 10.00 Å². The maximum absolute atomic E-state index is 11.7. The van der Waals surface area contributed by atoms with Crippen LogP contribution in [-0.4, -0.2) is 36.6 Å². The highest BCUT2D eigenvalue weighted by atomic mass is 16.6. The molecule has 1 aromatic rings. The minimum atomic E-state index is -0.476. The molecule has 0 radical (unpaired) electrons. The smallest absolute Gasteiger partial charge is 0.410 e. The number of anilines is 1. The molecule has 1 saturated heterocycles. The summed E-state index contributed by atoms with van der Waals surface area (Å²) < 4.78 is 4.72. The summed E-state index contributed by atoms with van der Waals surface area (Å²) in [7, 11) is 0. The normalized spacial score (nSPS) is 13.9. The zero-order chi connectivity index (χ0) is 13.0. The van der Waals surface area contributed by atoms with Crippen molar-refractivity contribution >= 4 is 17.7 Å². The highest BCUT2D eigenvalue weighted by molar-refractivity contribution is 5.94. The number of carbonyl (C=O) groups excluding carboxylic acids is 2. The summed E-state index contributed by atoms with van der Waals surface area (Å²) in [5.74, 6) is -0.316. The molecule has 0 atom stereocenters. The van der Waals surface area contributed by atoms with E-state index in [9.17, 15) is 9.59 Å². The van der Waals surface area contributed by atoms with Gasteiger partial charge in [0.25, 0.3) is 0 Å². The van der Waals surface area contributed by atoms with Crippen LogP contribution in [-0.2, 0) is 9.53 Å². The van der Waals surface area contributed by atoms with Crippen molar-refractivity contribution in [1.82, 2.24) is 4.90 Å². The molecule has 6 heteroatoms. The number of cyclic esters (lactones) is 1. The number of rotatable bonds is 3. The number of nitrogens with zero attached hydrogens (tertiary/aromatic N) is 2. The van der Waals surface area contributed by atoms with Crippen molar-refractivity contribution in [1.29, 1.82) is 5.26 Å². The van der Waals surface area contributed by atoms with Gasteiger partial charge in [0.1, 0.15) is 13.2 Å². The molecular weight excluding hydrogens is 234 g/mol. The summed E-state index contributed by atoms with van der Waals surface area (Å²) in [5, 5.41) is 11.4. The van der Waals surface area contributed by atoms with E-state index < -0.39 is 6.09 Å². The quantitative estimate of drug-likeness (QED) is 0.859. The number of benzene rings is 1. The monoisotopic (exact) mass is 245 g/mol. The number of nitrogens with one attached hydrogen (secondary N) is 1. The fourth-order valence-electron chi connectivity index (χ4n) is 1.61. The lowest BCUT2D eigenvalue weighted by Crippen LogP contribution is -2.33. The number of nitriles is 1. The third-order valence-corrected chi connectivity index (χ3v) is 2.45. The second-order valence-electron chi connectivity index (χ2n) is 3.78. The number of amides is 2. The zero-order valence-electron chi connectivity index (χ0n) is 9.55. The minimum absolute atomic E-state index is 0.0460. The van der Waals surface area contributed by atoms with Crippen molar-refractivity contribution < 1.29 is 14.3 Å². The van der Waals surface area contributed by atoms with E-state index in [1.165, 1.54) is 4.90 Å². The van der Waals surface area contributed by atoms with Crippen molar-refractivity contribution in [2.45, 2.75) is 0 Å². The Morgan fingerprint density at radius 3 is 3.06 bits per heavy atom. The molecule has 6 nitrogen and oxygen atoms in total. The van der Waals surface area contributed by atoms with Crippen LogP contribution in [0.3, 0.4) is 0 Å². The maximum Gasteiger partial charge on any atom is 0.410 e. The Bertz CT molecular complexity index is 522. The molecule has 2 rings (SSSR count). The molecule has 2 amide bonds. The number of ether oxygens (including phenoxy) is 1. The second kappa shape index (κ2) is 5.19. The van der Waals surface area contributed by atoms with Crippen LogP contribution in [0.5, 0.6) is 0 Å². The van der Waals surface area contributed by atoms with Crippen LogP contribution >= 0.6 is 0 Å². The Morgan fingerprint density at radius 2 is 2.39 bits per heavy atom. The van der Waals surface area contributed by atoms with E-state index in [0.717, 1.165) is 0 Å². The molecule has 18 heavy (non-hydrogen) atoms. The van der Waals surface area contributed by atoms with Gasteiger partial charge in [-0.3, -0.25) is 9.69 Å². The molecule has 1 aliphatic rings. The summed E-state index contributed by atoms with van der Waals surface area (Å²) in [5.41, 5.74) is 1.000. The lowest BCUT2D eigenvalue weighted by atomic mass is 10.2. The Labute approximate surface area is 104 Å². The van der Waals surface area contributed by atoms with E-state index in [2.05, 4.69) is 5.32 Å². The van der Waals surface area contributed by atoms with Gasteiger partial charge in [0.05, 0.1) is 18.2 Å². The van der Waals surface area contributed by atoms with Gasteiger partial charge in [-0.05, 0) is 18.2 Å². The highest BCUT2D eigenvalue weighted by Crippen LogP contribution is 2.10. The van der Waals surface area contributed by atoms with Gasteiger partial charge in [-0.1, -0.05) is 6.07 Å². The molecule has 0 spiro atoms. The fraction of sp³-hybridized carbons (Fsp3) is 0.250. The van der Waals surface area contributed by atoms with Crippen LogP contribution in [0.1, 0.15) is 5.56 Å². The predicted molar refractivity (Wildman–Crippen MR) is 62.7 cm³/mol. The van der Waals surface area contributed by atoms with Gasteiger partial charge in [-0.2, -0.15) is 5.26 Å². The van der Waals surface area contributed by atoms with Crippen LogP contribution in [0, 0.1) is 11.3 Å². The van der Waals surface area contributed by atoms with Gasteiger partial charge < -0.3 is 10.1 Å². The van der Waals surface area contributed by atoms with E-state index in [1.54, 1.807) is 24.3 Å². The molecule has 1 fully saturated rings. The average molecular weight is 245 g/mol. The molecule has 0 aliphatic carbocycles. The van der Waals surface area contributed by atoms with Crippen molar-refractivity contribution in [2.24, 2.45) is 0 Å². The topological polar surface area (TPSA) is 82.4 Å². The summed E-state index contributed by atoms with van der Waals surface area (Å²) in [4.78, 5) is 24.1. The number of hydrogen-bond donors (Lipinski definition) is 1. The predicted octanol–water partition coefficient (Wildman–Crippen LogP) is 0.949. The van der Waals surface area contributed by atoms with Gasteiger partial charge in [-0.15, -0.1) is 0 Å². The van der Waals surface area contributed by atoms with Gasteiger partial charge >= 0.3 is 6.09 Å². The Hall–Kier alpha value is -2.55. The molecule has 92 valence electrons. The van der Waals surface area contributed by atoms with Gasteiger partial charge in [-0.25, -0.2) is 4.79 Å². The summed E-state index contributed by atoms with van der Waals surface area (Å²) in [6.45, 7) is 0.691. The van der Waals surface area contributed by atoms with Gasteiger partial charge in [0.2, 0.25) is 5.91 Å². The summed E-state index contributed by atoms with van der Waals surface area (Å²) >= 11 is 0. The Morgan fingerprint density at radius 1 is 1.56 bits per heavy atom. The number of carbonyl (C=O) groups is 2. The minimum Gasteiger partial charge on any atom is -0.448 e. The number of hydrogen-bond acceptors (Lipinski definition) is 4. The fourth-order valence-corrected chi connectivity index (χ4v) is 1.61. The molecular formula is C12H11N3O3. The molecule has 0 bridgehead atoms. The summed E-state index contributed by atoms with van der Waals surface area (Å²) in [6, 6.07) is 8.56. The molecule has 1 aliphatic heterocycles. The van der Waals surface area contributed by atoms with Crippen LogP contribution in [0.2, 0.25) is 0 Å². The molecule has 0 unspecified atom stereocenters. The maximum atomic E-state index is 11.7. The molecule has 0 aromatic heterocycles. The van der Waals surface area contributed by atoms with Gasteiger partial charge in [0, 0.05) is 5.69 Å². The third-order valence-electron chi connectivity index (χ3n) is 2.45.